The van der Waals surface area contributed by atoms with Crippen molar-refractivity contribution in [2.45, 2.75) is 13.1 Å². The number of carbonyl (C=O) groups is 1. The molecule has 9 heteroatoms. The van der Waals surface area contributed by atoms with Gasteiger partial charge in [-0.15, -0.1) is 0 Å². The van der Waals surface area contributed by atoms with Gasteiger partial charge in [0.15, 0.2) is 5.17 Å². The number of piperazine rings is 1. The zero-order valence-electron chi connectivity index (χ0n) is 18.9. The van der Waals surface area contributed by atoms with Crippen molar-refractivity contribution in [3.8, 4) is 11.3 Å². The van der Waals surface area contributed by atoms with Crippen LogP contribution >= 0.6 is 11.8 Å². The first kappa shape index (κ1) is 23.3. The van der Waals surface area contributed by atoms with Crippen LogP contribution in [-0.4, -0.2) is 42.2 Å². The van der Waals surface area contributed by atoms with Gasteiger partial charge in [0.2, 0.25) is 0 Å². The van der Waals surface area contributed by atoms with E-state index in [0.717, 1.165) is 38.3 Å². The number of hydrogen-bond donors (Lipinski definition) is 0. The highest BCUT2D eigenvalue weighted by Crippen LogP contribution is 2.35. The minimum Gasteiger partial charge on any atom is -0.457 e. The van der Waals surface area contributed by atoms with E-state index in [2.05, 4.69) is 46.0 Å². The summed E-state index contributed by atoms with van der Waals surface area (Å²) >= 11 is 1.29. The molecular formula is C26H22F3N3O2S. The van der Waals surface area contributed by atoms with E-state index in [1.165, 1.54) is 29.1 Å². The Labute approximate surface area is 204 Å². The lowest BCUT2D eigenvalue weighted by Crippen LogP contribution is -2.47. The fourth-order valence-electron chi connectivity index (χ4n) is 4.08. The number of furan rings is 1. The van der Waals surface area contributed by atoms with Gasteiger partial charge in [-0.05, 0) is 60.6 Å². The van der Waals surface area contributed by atoms with Gasteiger partial charge in [-0.1, -0.05) is 24.3 Å². The zero-order valence-corrected chi connectivity index (χ0v) is 19.7. The first-order chi connectivity index (χ1) is 16.8. The molecule has 35 heavy (non-hydrogen) atoms. The minimum absolute atomic E-state index is 0.298. The van der Waals surface area contributed by atoms with Crippen LogP contribution in [0.25, 0.3) is 17.4 Å². The second kappa shape index (κ2) is 9.30. The summed E-state index contributed by atoms with van der Waals surface area (Å²) in [4.78, 5) is 21.6. The van der Waals surface area contributed by atoms with Gasteiger partial charge in [0.1, 0.15) is 11.5 Å². The third-order valence-corrected chi connectivity index (χ3v) is 6.95. The van der Waals surface area contributed by atoms with Gasteiger partial charge in [-0.2, -0.15) is 18.2 Å². The molecule has 5 nitrogen and oxygen atoms in total. The summed E-state index contributed by atoms with van der Waals surface area (Å²) < 4.78 is 44.8. The molecule has 3 aromatic rings. The Morgan fingerprint density at radius 3 is 2.46 bits per heavy atom. The molecule has 0 aliphatic carbocycles. The maximum Gasteiger partial charge on any atom is 0.416 e. The predicted octanol–water partition coefficient (Wildman–Crippen LogP) is 6.07. The van der Waals surface area contributed by atoms with Gasteiger partial charge < -0.3 is 14.2 Å². The van der Waals surface area contributed by atoms with E-state index in [-0.39, 0.29) is 5.91 Å². The summed E-state index contributed by atoms with van der Waals surface area (Å²) in [5.41, 5.74) is 1.98. The zero-order chi connectivity index (χ0) is 24.6. The average Bonchev–Trinajstić information content (AvgIpc) is 3.46. The molecule has 2 aliphatic rings. The van der Waals surface area contributed by atoms with Crippen LogP contribution in [0.2, 0.25) is 0 Å². The van der Waals surface area contributed by atoms with Crippen LogP contribution in [-0.2, 0) is 11.0 Å². The standard InChI is InChI=1S/C26H22F3N3O2S/c1-17-4-2-7-20(14-17)31-10-12-32(13-11-31)25-30-24(33)23(35-25)16-21-8-9-22(34-21)18-5-3-6-19(15-18)26(27,28)29/h2-9,14-16H,10-13H2,1H3. The minimum atomic E-state index is -4.43. The number of aliphatic imine (C=N–C) groups is 1. The van der Waals surface area contributed by atoms with Gasteiger partial charge >= 0.3 is 6.18 Å². The van der Waals surface area contributed by atoms with Crippen LogP contribution in [0.1, 0.15) is 16.9 Å². The maximum absolute atomic E-state index is 13.0. The molecule has 2 aromatic carbocycles. The van der Waals surface area contributed by atoms with Crippen molar-refractivity contribution in [2.24, 2.45) is 4.99 Å². The Balaban J connectivity index is 1.24. The number of benzene rings is 2. The highest BCUT2D eigenvalue weighted by atomic mass is 32.2. The van der Waals surface area contributed by atoms with Crippen molar-refractivity contribution in [3.63, 3.8) is 0 Å². The Kier molecular flexibility index (Phi) is 6.19. The summed E-state index contributed by atoms with van der Waals surface area (Å²) in [5, 5.41) is 0.662. The van der Waals surface area contributed by atoms with Gasteiger partial charge in [-0.3, -0.25) is 4.79 Å². The van der Waals surface area contributed by atoms with Crippen molar-refractivity contribution in [2.75, 3.05) is 31.1 Å². The predicted molar refractivity (Wildman–Crippen MR) is 132 cm³/mol. The maximum atomic E-state index is 13.0. The number of aryl methyl sites for hydroxylation is 1. The third-order valence-electron chi connectivity index (χ3n) is 5.90. The first-order valence-corrected chi connectivity index (χ1v) is 11.9. The fourth-order valence-corrected chi connectivity index (χ4v) is 5.02. The van der Waals surface area contributed by atoms with Gasteiger partial charge in [-0.25, -0.2) is 0 Å². The van der Waals surface area contributed by atoms with Crippen LogP contribution in [0, 0.1) is 6.92 Å². The van der Waals surface area contributed by atoms with E-state index in [4.69, 9.17) is 4.42 Å². The Morgan fingerprint density at radius 2 is 1.71 bits per heavy atom. The molecule has 0 radical (unpaired) electrons. The number of carbonyl (C=O) groups excluding carboxylic acids is 1. The highest BCUT2D eigenvalue weighted by Gasteiger charge is 2.31. The smallest absolute Gasteiger partial charge is 0.416 e. The van der Waals surface area contributed by atoms with Crippen LogP contribution in [0.4, 0.5) is 18.9 Å². The summed E-state index contributed by atoms with van der Waals surface area (Å²) in [7, 11) is 0. The molecule has 3 heterocycles. The number of rotatable bonds is 3. The second-order valence-electron chi connectivity index (χ2n) is 8.40. The first-order valence-electron chi connectivity index (χ1n) is 11.1. The van der Waals surface area contributed by atoms with E-state index in [0.29, 0.717) is 27.2 Å². The van der Waals surface area contributed by atoms with Gasteiger partial charge in [0.05, 0.1) is 10.5 Å². The van der Waals surface area contributed by atoms with E-state index in [9.17, 15) is 18.0 Å². The fraction of sp³-hybridized carbons (Fsp3) is 0.231. The lowest BCUT2D eigenvalue weighted by atomic mass is 10.1. The lowest BCUT2D eigenvalue weighted by Gasteiger charge is -2.36. The molecule has 2 aliphatic heterocycles. The van der Waals surface area contributed by atoms with Crippen molar-refractivity contribution in [3.05, 3.63) is 82.5 Å². The van der Waals surface area contributed by atoms with Crippen LogP contribution in [0.3, 0.4) is 0 Å². The Bertz CT molecular complexity index is 1320. The van der Waals surface area contributed by atoms with E-state index in [1.807, 2.05) is 0 Å². The molecule has 0 spiro atoms. The van der Waals surface area contributed by atoms with Crippen LogP contribution in [0.15, 0.2) is 75.0 Å². The van der Waals surface area contributed by atoms with Gasteiger partial charge in [0, 0.05) is 43.5 Å². The van der Waals surface area contributed by atoms with E-state index >= 15 is 0 Å². The quantitative estimate of drug-likeness (QED) is 0.412. The van der Waals surface area contributed by atoms with Gasteiger partial charge in [0.25, 0.3) is 5.91 Å². The molecule has 0 unspecified atom stereocenters. The molecule has 0 bridgehead atoms. The number of alkyl halides is 3. The molecule has 180 valence electrons. The lowest BCUT2D eigenvalue weighted by molar-refractivity contribution is -0.137. The molecule has 1 amide bonds. The number of amidine groups is 1. The molecule has 5 rings (SSSR count). The van der Waals surface area contributed by atoms with E-state index in [1.54, 1.807) is 24.3 Å². The molecule has 0 N–H and O–H groups in total. The van der Waals surface area contributed by atoms with Crippen molar-refractivity contribution >= 4 is 34.6 Å². The summed E-state index contributed by atoms with van der Waals surface area (Å²) in [6.07, 6.45) is -2.84. The van der Waals surface area contributed by atoms with Crippen LogP contribution < -0.4 is 4.90 Å². The monoisotopic (exact) mass is 497 g/mol. The SMILES string of the molecule is Cc1cccc(N2CCN(C3=NC(=O)C(=Cc4ccc(-c5cccc(C(F)(F)F)c5)o4)S3)CC2)c1. The topological polar surface area (TPSA) is 49.0 Å². The van der Waals surface area contributed by atoms with Crippen molar-refractivity contribution in [1.82, 2.24) is 4.90 Å². The van der Waals surface area contributed by atoms with E-state index < -0.39 is 11.7 Å². The summed E-state index contributed by atoms with van der Waals surface area (Å²) in [6, 6.07) is 16.6. The summed E-state index contributed by atoms with van der Waals surface area (Å²) in [6.45, 7) is 5.23. The largest absolute Gasteiger partial charge is 0.457 e. The van der Waals surface area contributed by atoms with Crippen LogP contribution in [0.5, 0.6) is 0 Å². The molecule has 0 saturated carbocycles. The number of anilines is 1. The van der Waals surface area contributed by atoms with Crippen molar-refractivity contribution in [1.29, 1.82) is 0 Å². The Morgan fingerprint density at radius 1 is 0.971 bits per heavy atom. The third kappa shape index (κ3) is 5.14. The number of nitrogens with zero attached hydrogens (tertiary/aromatic N) is 3. The number of thioether (sulfide) groups is 1. The second-order valence-corrected chi connectivity index (χ2v) is 9.41. The highest BCUT2D eigenvalue weighted by molar-refractivity contribution is 8.18. The molecule has 1 aromatic heterocycles. The number of amides is 1. The normalized spacial score (nSPS) is 17.9. The number of halogens is 3. The average molecular weight is 498 g/mol. The molecule has 1 saturated heterocycles. The number of hydrogen-bond acceptors (Lipinski definition) is 5. The molecule has 1 fully saturated rings. The van der Waals surface area contributed by atoms with Crippen molar-refractivity contribution < 1.29 is 22.4 Å². The summed E-state index contributed by atoms with van der Waals surface area (Å²) in [5.74, 6) is 0.337. The molecule has 0 atom stereocenters. The molecular weight excluding hydrogens is 475 g/mol. The Hall–Kier alpha value is -3.46.